The Hall–Kier alpha value is -0.480. The first-order valence-electron chi connectivity index (χ1n) is 7.45. The summed E-state index contributed by atoms with van der Waals surface area (Å²) in [6, 6.07) is 0.343. The molecule has 0 aliphatic heterocycles. The third kappa shape index (κ3) is 1.91. The highest BCUT2D eigenvalue weighted by atomic mass is 14.9. The average Bonchev–Trinajstić information content (AvgIpc) is 2.27. The zero-order valence-corrected chi connectivity index (χ0v) is 11.0. The van der Waals surface area contributed by atoms with E-state index in [1.807, 2.05) is 0 Å². The lowest BCUT2D eigenvalue weighted by molar-refractivity contribution is -0.0632. The fourth-order valence-corrected chi connectivity index (χ4v) is 5.27. The number of terminal acetylenes is 1. The van der Waals surface area contributed by atoms with Crippen molar-refractivity contribution in [2.75, 3.05) is 6.54 Å². The molecule has 0 saturated heterocycles. The van der Waals surface area contributed by atoms with Gasteiger partial charge in [0.1, 0.15) is 0 Å². The summed E-state index contributed by atoms with van der Waals surface area (Å²) >= 11 is 0. The van der Waals surface area contributed by atoms with Gasteiger partial charge in [-0.3, -0.25) is 0 Å². The molecule has 94 valence electrons. The van der Waals surface area contributed by atoms with Crippen LogP contribution in [0.2, 0.25) is 0 Å². The van der Waals surface area contributed by atoms with Crippen molar-refractivity contribution in [2.45, 2.75) is 57.9 Å². The smallest absolute Gasteiger partial charge is 0.0744 e. The molecule has 0 aromatic carbocycles. The largest absolute Gasteiger partial charge is 0.303 e. The van der Waals surface area contributed by atoms with Crippen molar-refractivity contribution >= 4 is 0 Å². The van der Waals surface area contributed by atoms with Crippen LogP contribution >= 0.6 is 0 Å². The molecule has 1 atom stereocenters. The topological polar surface area (TPSA) is 12.0 Å². The van der Waals surface area contributed by atoms with Crippen molar-refractivity contribution in [3.63, 3.8) is 0 Å². The molecule has 0 aromatic rings. The molecule has 1 heteroatoms. The highest BCUT2D eigenvalue weighted by molar-refractivity contribution is 5.15. The van der Waals surface area contributed by atoms with Crippen LogP contribution in [0.15, 0.2) is 0 Å². The van der Waals surface area contributed by atoms with E-state index in [9.17, 15) is 0 Å². The van der Waals surface area contributed by atoms with E-state index in [1.54, 1.807) is 0 Å². The number of rotatable bonds is 4. The third-order valence-electron chi connectivity index (χ3n) is 5.46. The van der Waals surface area contributed by atoms with Gasteiger partial charge in [-0.1, -0.05) is 12.8 Å². The lowest BCUT2D eigenvalue weighted by Crippen LogP contribution is -2.55. The minimum Gasteiger partial charge on any atom is -0.303 e. The van der Waals surface area contributed by atoms with Gasteiger partial charge in [-0.05, 0) is 74.7 Å². The quantitative estimate of drug-likeness (QED) is 0.733. The van der Waals surface area contributed by atoms with Crippen molar-refractivity contribution in [2.24, 2.45) is 23.2 Å². The Bertz CT molecular complexity index is 290. The van der Waals surface area contributed by atoms with Gasteiger partial charge >= 0.3 is 0 Å². The Morgan fingerprint density at radius 2 is 1.71 bits per heavy atom. The van der Waals surface area contributed by atoms with Crippen LogP contribution < -0.4 is 5.32 Å². The van der Waals surface area contributed by atoms with Crippen molar-refractivity contribution in [1.29, 1.82) is 0 Å². The summed E-state index contributed by atoms with van der Waals surface area (Å²) in [4.78, 5) is 0. The minimum atomic E-state index is 0.343. The highest BCUT2D eigenvalue weighted by Gasteiger charge is 2.53. The van der Waals surface area contributed by atoms with Gasteiger partial charge in [-0.25, -0.2) is 0 Å². The van der Waals surface area contributed by atoms with Gasteiger partial charge in [-0.15, -0.1) is 6.42 Å². The zero-order valence-electron chi connectivity index (χ0n) is 11.0. The maximum atomic E-state index is 5.82. The van der Waals surface area contributed by atoms with Crippen molar-refractivity contribution in [3.05, 3.63) is 0 Å². The van der Waals surface area contributed by atoms with E-state index in [-0.39, 0.29) is 0 Å². The summed E-state index contributed by atoms with van der Waals surface area (Å²) in [5, 5.41) is 3.64. The molecule has 4 aliphatic rings. The van der Waals surface area contributed by atoms with Crippen LogP contribution in [0.3, 0.4) is 0 Å². The van der Waals surface area contributed by atoms with E-state index in [2.05, 4.69) is 18.2 Å². The normalized spacial score (nSPS) is 44.6. The molecule has 0 aromatic heterocycles. The fourth-order valence-electron chi connectivity index (χ4n) is 5.27. The summed E-state index contributed by atoms with van der Waals surface area (Å²) in [7, 11) is 0. The van der Waals surface area contributed by atoms with Crippen molar-refractivity contribution in [1.82, 2.24) is 5.32 Å². The van der Waals surface area contributed by atoms with Crippen LogP contribution in [0, 0.1) is 35.5 Å². The molecule has 4 saturated carbocycles. The summed E-state index contributed by atoms with van der Waals surface area (Å²) in [5.74, 6) is 6.08. The number of hydrogen-bond acceptors (Lipinski definition) is 1. The van der Waals surface area contributed by atoms with E-state index in [0.29, 0.717) is 11.5 Å². The van der Waals surface area contributed by atoms with Gasteiger partial charge in [0, 0.05) is 0 Å². The van der Waals surface area contributed by atoms with Gasteiger partial charge in [0.25, 0.3) is 0 Å². The van der Waals surface area contributed by atoms with Crippen LogP contribution in [0.5, 0.6) is 0 Å². The molecule has 1 nitrogen and oxygen atoms in total. The Labute approximate surface area is 106 Å². The maximum absolute atomic E-state index is 5.82. The first-order valence-corrected chi connectivity index (χ1v) is 7.45. The standard InChI is InChI=1S/C16H25N/c1-3-5-17-15(4-2)16-9-12-6-13(10-16)8-14(7-12)11-16/h2,12-15,17H,3,5-11H2,1H3. The first kappa shape index (κ1) is 11.6. The molecule has 4 rings (SSSR count). The Morgan fingerprint density at radius 3 is 2.12 bits per heavy atom. The monoisotopic (exact) mass is 231 g/mol. The minimum absolute atomic E-state index is 0.343. The van der Waals surface area contributed by atoms with E-state index in [1.165, 1.54) is 44.9 Å². The second kappa shape index (κ2) is 4.32. The molecule has 1 N–H and O–H groups in total. The second-order valence-electron chi connectivity index (χ2n) is 6.83. The third-order valence-corrected chi connectivity index (χ3v) is 5.46. The molecule has 0 amide bonds. The molecule has 4 aliphatic carbocycles. The number of hydrogen-bond donors (Lipinski definition) is 1. The second-order valence-corrected chi connectivity index (χ2v) is 6.83. The summed E-state index contributed by atoms with van der Waals surface area (Å²) < 4.78 is 0. The maximum Gasteiger partial charge on any atom is 0.0744 e. The van der Waals surface area contributed by atoms with Crippen LogP contribution in [0.4, 0.5) is 0 Å². The predicted molar refractivity (Wildman–Crippen MR) is 71.5 cm³/mol. The van der Waals surface area contributed by atoms with E-state index in [4.69, 9.17) is 6.42 Å². The highest BCUT2D eigenvalue weighted by Crippen LogP contribution is 2.61. The molecule has 0 spiro atoms. The summed E-state index contributed by atoms with van der Waals surface area (Å²) in [6.45, 7) is 3.30. The van der Waals surface area contributed by atoms with Gasteiger partial charge in [0.2, 0.25) is 0 Å². The van der Waals surface area contributed by atoms with Gasteiger partial charge in [-0.2, -0.15) is 0 Å². The number of nitrogens with one attached hydrogen (secondary N) is 1. The fraction of sp³-hybridized carbons (Fsp3) is 0.875. The van der Waals surface area contributed by atoms with Crippen molar-refractivity contribution in [3.8, 4) is 12.3 Å². The van der Waals surface area contributed by atoms with Gasteiger partial charge < -0.3 is 5.32 Å². The molecular formula is C16H25N. The van der Waals surface area contributed by atoms with Crippen LogP contribution in [-0.2, 0) is 0 Å². The lowest BCUT2D eigenvalue weighted by Gasteiger charge is -2.58. The first-order chi connectivity index (χ1) is 8.25. The molecule has 4 fully saturated rings. The Balaban J connectivity index is 1.78. The van der Waals surface area contributed by atoms with Gasteiger partial charge in [0.15, 0.2) is 0 Å². The lowest BCUT2D eigenvalue weighted by atomic mass is 9.48. The van der Waals surface area contributed by atoms with Crippen LogP contribution in [-0.4, -0.2) is 12.6 Å². The summed E-state index contributed by atoms with van der Waals surface area (Å²) in [6.07, 6.45) is 15.7. The van der Waals surface area contributed by atoms with E-state index in [0.717, 1.165) is 24.3 Å². The molecular weight excluding hydrogens is 206 g/mol. The molecule has 1 unspecified atom stereocenters. The molecule has 0 heterocycles. The molecule has 0 radical (unpaired) electrons. The average molecular weight is 231 g/mol. The molecule has 4 bridgehead atoms. The van der Waals surface area contributed by atoms with Crippen molar-refractivity contribution < 1.29 is 0 Å². The van der Waals surface area contributed by atoms with E-state index < -0.39 is 0 Å². The van der Waals surface area contributed by atoms with Gasteiger partial charge in [0.05, 0.1) is 6.04 Å². The zero-order chi connectivity index (χ0) is 11.9. The predicted octanol–water partition coefficient (Wildman–Crippen LogP) is 3.20. The van der Waals surface area contributed by atoms with Crippen LogP contribution in [0.1, 0.15) is 51.9 Å². The van der Waals surface area contributed by atoms with E-state index >= 15 is 0 Å². The van der Waals surface area contributed by atoms with Crippen LogP contribution in [0.25, 0.3) is 0 Å². The molecule has 17 heavy (non-hydrogen) atoms. The summed E-state index contributed by atoms with van der Waals surface area (Å²) in [5.41, 5.74) is 0.471. The SMILES string of the molecule is C#CC(NCCC)C12CC3CC(CC(C3)C1)C2. The Kier molecular flexibility index (Phi) is 2.95. The Morgan fingerprint density at radius 1 is 1.18 bits per heavy atom.